The van der Waals surface area contributed by atoms with Crippen LogP contribution in [0.2, 0.25) is 0 Å². The Labute approximate surface area is 105 Å². The highest BCUT2D eigenvalue weighted by molar-refractivity contribution is 7.99. The molecule has 0 aromatic heterocycles. The Morgan fingerprint density at radius 3 is 2.82 bits per heavy atom. The predicted octanol–water partition coefficient (Wildman–Crippen LogP) is 1.94. The van der Waals surface area contributed by atoms with Crippen LogP contribution in [0.4, 0.5) is 0 Å². The number of hydrogen-bond donors (Lipinski definition) is 1. The van der Waals surface area contributed by atoms with Crippen LogP contribution in [0, 0.1) is 0 Å². The molecule has 92 valence electrons. The fraction of sp³-hybridized carbons (Fsp3) is 0.462. The van der Waals surface area contributed by atoms with Crippen molar-refractivity contribution < 1.29 is 14.6 Å². The summed E-state index contributed by atoms with van der Waals surface area (Å²) in [6.07, 6.45) is 0.0190. The van der Waals surface area contributed by atoms with E-state index in [-0.39, 0.29) is 17.6 Å². The molecule has 3 nitrogen and oxygen atoms in total. The molecule has 0 amide bonds. The second-order valence-corrected chi connectivity index (χ2v) is 5.65. The fourth-order valence-electron chi connectivity index (χ4n) is 2.00. The molecule has 17 heavy (non-hydrogen) atoms. The van der Waals surface area contributed by atoms with Crippen molar-refractivity contribution in [2.75, 3.05) is 12.4 Å². The maximum atomic E-state index is 11.6. The Hall–Kier alpha value is -1.00. The minimum atomic E-state index is -1.14. The van der Waals surface area contributed by atoms with Crippen LogP contribution < -0.4 is 0 Å². The van der Waals surface area contributed by atoms with Gasteiger partial charge < -0.3 is 9.84 Å². The number of hydrogen-bond acceptors (Lipinski definition) is 4. The van der Waals surface area contributed by atoms with Crippen molar-refractivity contribution in [1.82, 2.24) is 0 Å². The fourth-order valence-corrected chi connectivity index (χ4v) is 3.02. The molecule has 1 aromatic rings. The number of aliphatic hydroxyl groups is 1. The number of benzene rings is 1. The first-order chi connectivity index (χ1) is 8.13. The number of thioether (sulfide) groups is 1. The molecule has 0 aliphatic carbocycles. The van der Waals surface area contributed by atoms with E-state index in [4.69, 9.17) is 4.74 Å². The van der Waals surface area contributed by atoms with E-state index in [9.17, 15) is 9.90 Å². The van der Waals surface area contributed by atoms with Gasteiger partial charge >= 0.3 is 5.97 Å². The molecule has 0 bridgehead atoms. The Kier molecular flexibility index (Phi) is 3.74. The van der Waals surface area contributed by atoms with Gasteiger partial charge in [-0.15, -0.1) is 0 Å². The Morgan fingerprint density at radius 2 is 2.12 bits per heavy atom. The Morgan fingerprint density at radius 1 is 1.41 bits per heavy atom. The quantitative estimate of drug-likeness (QED) is 0.776. The zero-order chi connectivity index (χ0) is 12.3. The molecule has 2 rings (SSSR count). The second-order valence-electron chi connectivity index (χ2n) is 4.20. The van der Waals surface area contributed by atoms with Crippen LogP contribution in [-0.4, -0.2) is 28.7 Å². The molecule has 0 spiro atoms. The lowest BCUT2D eigenvalue weighted by atomic mass is 9.87. The highest BCUT2D eigenvalue weighted by Crippen LogP contribution is 2.37. The lowest BCUT2D eigenvalue weighted by Crippen LogP contribution is -2.40. The Balaban J connectivity index is 2.33. The normalized spacial score (nSPS) is 30.2. The van der Waals surface area contributed by atoms with Crippen LogP contribution in [0.3, 0.4) is 0 Å². The number of cyclic esters (lactones) is 1. The van der Waals surface area contributed by atoms with Gasteiger partial charge in [-0.3, -0.25) is 4.79 Å². The van der Waals surface area contributed by atoms with Gasteiger partial charge in [0.15, 0.2) is 0 Å². The van der Waals surface area contributed by atoms with Crippen molar-refractivity contribution in [1.29, 1.82) is 0 Å². The molecule has 0 unspecified atom stereocenters. The zero-order valence-electron chi connectivity index (χ0n) is 9.76. The highest BCUT2D eigenvalue weighted by atomic mass is 32.2. The summed E-state index contributed by atoms with van der Waals surface area (Å²) < 4.78 is 5.03. The maximum Gasteiger partial charge on any atom is 0.309 e. The summed E-state index contributed by atoms with van der Waals surface area (Å²) in [7, 11) is 0. The van der Waals surface area contributed by atoms with Gasteiger partial charge in [-0.1, -0.05) is 37.3 Å². The number of carbonyl (C=O) groups excluding carboxylic acids is 1. The van der Waals surface area contributed by atoms with Gasteiger partial charge in [-0.05, 0) is 5.56 Å². The summed E-state index contributed by atoms with van der Waals surface area (Å²) in [6.45, 7) is 2.38. The van der Waals surface area contributed by atoms with E-state index in [0.717, 1.165) is 11.3 Å². The molecule has 1 aliphatic rings. The standard InChI is InChI=1S/C13H16O3S/c1-10-13(15,11-5-3-2-4-6-11)9-12(14)16-7-8-17-10/h2-6,10,15H,7-9H2,1H3/t10-,13+/m1/s1. The van der Waals surface area contributed by atoms with Crippen LogP contribution in [0.1, 0.15) is 18.9 Å². The van der Waals surface area contributed by atoms with Gasteiger partial charge in [-0.25, -0.2) is 0 Å². The molecule has 2 atom stereocenters. The van der Waals surface area contributed by atoms with E-state index in [1.165, 1.54) is 0 Å². The third kappa shape index (κ3) is 2.64. The molecule has 0 saturated carbocycles. The first-order valence-electron chi connectivity index (χ1n) is 5.68. The minimum Gasteiger partial charge on any atom is -0.465 e. The summed E-state index contributed by atoms with van der Waals surface area (Å²) >= 11 is 1.63. The molecular formula is C13H16O3S. The molecule has 1 N–H and O–H groups in total. The number of rotatable bonds is 1. The van der Waals surface area contributed by atoms with E-state index >= 15 is 0 Å². The van der Waals surface area contributed by atoms with Crippen molar-refractivity contribution in [3.05, 3.63) is 35.9 Å². The van der Waals surface area contributed by atoms with Crippen molar-refractivity contribution in [2.24, 2.45) is 0 Å². The first kappa shape index (κ1) is 12.5. The molecule has 1 saturated heterocycles. The smallest absolute Gasteiger partial charge is 0.309 e. The number of esters is 1. The third-order valence-corrected chi connectivity index (χ3v) is 4.37. The molecule has 0 radical (unpaired) electrons. The topological polar surface area (TPSA) is 46.5 Å². The first-order valence-corrected chi connectivity index (χ1v) is 6.73. The van der Waals surface area contributed by atoms with Crippen LogP contribution in [-0.2, 0) is 15.1 Å². The second kappa shape index (κ2) is 5.10. The Bertz CT molecular complexity index is 393. The van der Waals surface area contributed by atoms with Gasteiger partial charge in [0.1, 0.15) is 12.2 Å². The van der Waals surface area contributed by atoms with Gasteiger partial charge in [-0.2, -0.15) is 11.8 Å². The summed E-state index contributed by atoms with van der Waals surface area (Å²) in [5, 5.41) is 10.7. The molecule has 1 fully saturated rings. The zero-order valence-corrected chi connectivity index (χ0v) is 10.6. The summed E-state index contributed by atoms with van der Waals surface area (Å²) in [5.74, 6) is 0.394. The van der Waals surface area contributed by atoms with Crippen molar-refractivity contribution in [3.63, 3.8) is 0 Å². The van der Waals surface area contributed by atoms with E-state index in [2.05, 4.69) is 0 Å². The van der Waals surface area contributed by atoms with E-state index in [0.29, 0.717) is 6.61 Å². The van der Waals surface area contributed by atoms with Crippen LogP contribution >= 0.6 is 11.8 Å². The maximum absolute atomic E-state index is 11.6. The monoisotopic (exact) mass is 252 g/mol. The predicted molar refractivity (Wildman–Crippen MR) is 67.8 cm³/mol. The van der Waals surface area contributed by atoms with Crippen LogP contribution in [0.25, 0.3) is 0 Å². The van der Waals surface area contributed by atoms with Crippen molar-refractivity contribution >= 4 is 17.7 Å². The van der Waals surface area contributed by atoms with Gasteiger partial charge in [0.2, 0.25) is 0 Å². The van der Waals surface area contributed by atoms with Gasteiger partial charge in [0.05, 0.1) is 6.42 Å². The van der Waals surface area contributed by atoms with E-state index in [1.807, 2.05) is 37.3 Å². The largest absolute Gasteiger partial charge is 0.465 e. The molecule has 1 aliphatic heterocycles. The average Bonchev–Trinajstić information content (AvgIpc) is 2.34. The highest BCUT2D eigenvalue weighted by Gasteiger charge is 2.39. The summed E-state index contributed by atoms with van der Waals surface area (Å²) in [4.78, 5) is 11.6. The summed E-state index contributed by atoms with van der Waals surface area (Å²) in [6, 6.07) is 9.34. The molecule has 1 aromatic carbocycles. The SMILES string of the molecule is C[C@H]1SCCOC(=O)C[C@@]1(O)c1ccccc1. The molecular weight excluding hydrogens is 236 g/mol. The lowest BCUT2D eigenvalue weighted by molar-refractivity contribution is -0.149. The van der Waals surface area contributed by atoms with Crippen molar-refractivity contribution in [3.8, 4) is 0 Å². The van der Waals surface area contributed by atoms with Gasteiger partial charge in [0.25, 0.3) is 0 Å². The van der Waals surface area contributed by atoms with Crippen LogP contribution in [0.15, 0.2) is 30.3 Å². The summed E-state index contributed by atoms with van der Waals surface area (Å²) in [5.41, 5.74) is -0.359. The van der Waals surface area contributed by atoms with E-state index < -0.39 is 5.60 Å². The lowest BCUT2D eigenvalue weighted by Gasteiger charge is -2.35. The van der Waals surface area contributed by atoms with Crippen molar-refractivity contribution in [2.45, 2.75) is 24.2 Å². The molecule has 4 heteroatoms. The van der Waals surface area contributed by atoms with Gasteiger partial charge in [0, 0.05) is 11.0 Å². The number of ether oxygens (including phenoxy) is 1. The number of carbonyl (C=O) groups is 1. The van der Waals surface area contributed by atoms with E-state index in [1.54, 1.807) is 11.8 Å². The average molecular weight is 252 g/mol. The minimum absolute atomic E-state index is 0.0190. The van der Waals surface area contributed by atoms with Crippen LogP contribution in [0.5, 0.6) is 0 Å². The third-order valence-electron chi connectivity index (χ3n) is 3.07. The molecule has 1 heterocycles.